The molecule has 0 aliphatic rings. The van der Waals surface area contributed by atoms with Crippen LogP contribution in [0.1, 0.15) is 27.3 Å². The predicted molar refractivity (Wildman–Crippen MR) is 71.9 cm³/mol. The SMILES string of the molecule is COc1ccc(C)cc1C(Br)c1coc(C)c1. The van der Waals surface area contributed by atoms with Crippen molar-refractivity contribution in [1.29, 1.82) is 0 Å². The molecule has 90 valence electrons. The molecule has 0 saturated heterocycles. The van der Waals surface area contributed by atoms with Gasteiger partial charge in [-0.25, -0.2) is 0 Å². The quantitative estimate of drug-likeness (QED) is 0.784. The highest BCUT2D eigenvalue weighted by Crippen LogP contribution is 2.37. The molecule has 3 heteroatoms. The summed E-state index contributed by atoms with van der Waals surface area (Å²) in [6.45, 7) is 4.01. The van der Waals surface area contributed by atoms with E-state index in [0.717, 1.165) is 22.6 Å². The van der Waals surface area contributed by atoms with Crippen LogP contribution in [0.25, 0.3) is 0 Å². The lowest BCUT2D eigenvalue weighted by molar-refractivity contribution is 0.410. The first kappa shape index (κ1) is 12.2. The van der Waals surface area contributed by atoms with Gasteiger partial charge >= 0.3 is 0 Å². The number of aryl methyl sites for hydroxylation is 2. The third-order valence-electron chi connectivity index (χ3n) is 2.70. The lowest BCUT2D eigenvalue weighted by Crippen LogP contribution is -1.96. The van der Waals surface area contributed by atoms with Gasteiger partial charge in [0.2, 0.25) is 0 Å². The fourth-order valence-electron chi connectivity index (χ4n) is 1.83. The van der Waals surface area contributed by atoms with Crippen molar-refractivity contribution in [2.24, 2.45) is 0 Å². The van der Waals surface area contributed by atoms with Crippen molar-refractivity contribution in [3.8, 4) is 5.75 Å². The zero-order valence-electron chi connectivity index (χ0n) is 10.2. The Labute approximate surface area is 110 Å². The number of rotatable bonds is 3. The number of halogens is 1. The Bertz CT molecular complexity index is 517. The lowest BCUT2D eigenvalue weighted by Gasteiger charge is -2.13. The van der Waals surface area contributed by atoms with Crippen molar-refractivity contribution in [2.75, 3.05) is 7.11 Å². The van der Waals surface area contributed by atoms with Crippen molar-refractivity contribution in [3.05, 3.63) is 53.0 Å². The molecular weight excluding hydrogens is 280 g/mol. The average molecular weight is 295 g/mol. The topological polar surface area (TPSA) is 22.4 Å². The molecule has 0 aliphatic heterocycles. The van der Waals surface area contributed by atoms with E-state index in [0.29, 0.717) is 0 Å². The number of furan rings is 1. The standard InChI is InChI=1S/C14H15BrO2/c1-9-4-5-13(16-3)12(6-9)14(15)11-7-10(2)17-8-11/h4-8,14H,1-3H3. The van der Waals surface area contributed by atoms with Crippen LogP contribution in [0.15, 0.2) is 34.9 Å². The summed E-state index contributed by atoms with van der Waals surface area (Å²) in [4.78, 5) is 0.0924. The Morgan fingerprint density at radius 1 is 1.24 bits per heavy atom. The monoisotopic (exact) mass is 294 g/mol. The third-order valence-corrected chi connectivity index (χ3v) is 3.72. The molecule has 0 aliphatic carbocycles. The highest BCUT2D eigenvalue weighted by molar-refractivity contribution is 9.09. The van der Waals surface area contributed by atoms with Crippen molar-refractivity contribution in [1.82, 2.24) is 0 Å². The van der Waals surface area contributed by atoms with Gasteiger partial charge in [0.15, 0.2) is 0 Å². The van der Waals surface area contributed by atoms with E-state index in [1.54, 1.807) is 13.4 Å². The Morgan fingerprint density at radius 2 is 2.00 bits per heavy atom. The van der Waals surface area contributed by atoms with Crippen molar-refractivity contribution < 1.29 is 9.15 Å². The molecule has 1 aromatic heterocycles. The van der Waals surface area contributed by atoms with Crippen LogP contribution in [0.5, 0.6) is 5.75 Å². The van der Waals surface area contributed by atoms with Gasteiger partial charge in [0.1, 0.15) is 11.5 Å². The fraction of sp³-hybridized carbons (Fsp3) is 0.286. The van der Waals surface area contributed by atoms with Gasteiger partial charge < -0.3 is 9.15 Å². The number of benzene rings is 1. The molecular formula is C14H15BrO2. The van der Waals surface area contributed by atoms with Gasteiger partial charge in [0.05, 0.1) is 18.2 Å². The molecule has 0 fully saturated rings. The molecule has 0 radical (unpaired) electrons. The summed E-state index contributed by atoms with van der Waals surface area (Å²) in [5.41, 5.74) is 3.44. The van der Waals surface area contributed by atoms with Crippen molar-refractivity contribution in [2.45, 2.75) is 18.7 Å². The van der Waals surface area contributed by atoms with E-state index < -0.39 is 0 Å². The minimum Gasteiger partial charge on any atom is -0.496 e. The molecule has 0 amide bonds. The Morgan fingerprint density at radius 3 is 2.59 bits per heavy atom. The first-order valence-electron chi connectivity index (χ1n) is 5.45. The maximum Gasteiger partial charge on any atom is 0.123 e. The van der Waals surface area contributed by atoms with Crippen LogP contribution < -0.4 is 4.74 Å². The van der Waals surface area contributed by atoms with Gasteiger partial charge in [-0.2, -0.15) is 0 Å². The third kappa shape index (κ3) is 2.55. The second kappa shape index (κ2) is 4.96. The van der Waals surface area contributed by atoms with Gasteiger partial charge in [-0.05, 0) is 26.0 Å². The first-order chi connectivity index (χ1) is 8.11. The molecule has 0 saturated carbocycles. The largest absolute Gasteiger partial charge is 0.496 e. The molecule has 0 N–H and O–H groups in total. The van der Waals surface area contributed by atoms with Crippen LogP contribution in [0.2, 0.25) is 0 Å². The van der Waals surface area contributed by atoms with E-state index in [1.807, 2.05) is 25.1 Å². The van der Waals surface area contributed by atoms with Gasteiger partial charge in [0.25, 0.3) is 0 Å². The van der Waals surface area contributed by atoms with Crippen LogP contribution >= 0.6 is 15.9 Å². The van der Waals surface area contributed by atoms with Gasteiger partial charge in [-0.15, -0.1) is 0 Å². The number of methoxy groups -OCH3 is 1. The molecule has 2 rings (SSSR count). The molecule has 0 bridgehead atoms. The minimum atomic E-state index is 0.0924. The Hall–Kier alpha value is -1.22. The normalized spacial score (nSPS) is 12.5. The zero-order valence-corrected chi connectivity index (χ0v) is 11.7. The first-order valence-corrected chi connectivity index (χ1v) is 6.37. The van der Waals surface area contributed by atoms with Crippen LogP contribution in [-0.2, 0) is 0 Å². The van der Waals surface area contributed by atoms with Gasteiger partial charge in [-0.3, -0.25) is 0 Å². The minimum absolute atomic E-state index is 0.0924. The van der Waals surface area contributed by atoms with Crippen molar-refractivity contribution >= 4 is 15.9 Å². The summed E-state index contributed by atoms with van der Waals surface area (Å²) >= 11 is 3.69. The van der Waals surface area contributed by atoms with Crippen LogP contribution in [0, 0.1) is 13.8 Å². The summed E-state index contributed by atoms with van der Waals surface area (Å²) in [6.07, 6.45) is 1.77. The van der Waals surface area contributed by atoms with E-state index in [9.17, 15) is 0 Å². The number of hydrogen-bond donors (Lipinski definition) is 0. The van der Waals surface area contributed by atoms with Crippen LogP contribution in [0.3, 0.4) is 0 Å². The van der Waals surface area contributed by atoms with Crippen molar-refractivity contribution in [3.63, 3.8) is 0 Å². The molecule has 2 aromatic rings. The molecule has 1 heterocycles. The highest BCUT2D eigenvalue weighted by Gasteiger charge is 2.17. The predicted octanol–water partition coefficient (Wildman–Crippen LogP) is 4.39. The van der Waals surface area contributed by atoms with Crippen LogP contribution in [0.4, 0.5) is 0 Å². The molecule has 1 unspecified atom stereocenters. The highest BCUT2D eigenvalue weighted by atomic mass is 79.9. The lowest BCUT2D eigenvalue weighted by atomic mass is 10.0. The average Bonchev–Trinajstić information content (AvgIpc) is 2.75. The number of alkyl halides is 1. The number of hydrogen-bond acceptors (Lipinski definition) is 2. The molecule has 1 atom stereocenters. The summed E-state index contributed by atoms with van der Waals surface area (Å²) in [5, 5.41) is 0. The maximum atomic E-state index is 5.39. The molecule has 1 aromatic carbocycles. The van der Waals surface area contributed by atoms with E-state index in [2.05, 4.69) is 28.9 Å². The van der Waals surface area contributed by atoms with E-state index >= 15 is 0 Å². The van der Waals surface area contributed by atoms with E-state index in [1.165, 1.54) is 5.56 Å². The summed E-state index contributed by atoms with van der Waals surface area (Å²) < 4.78 is 10.7. The van der Waals surface area contributed by atoms with E-state index in [4.69, 9.17) is 9.15 Å². The van der Waals surface area contributed by atoms with Crippen LogP contribution in [-0.4, -0.2) is 7.11 Å². The Balaban J connectivity index is 2.42. The summed E-state index contributed by atoms with van der Waals surface area (Å²) in [6, 6.07) is 8.19. The van der Waals surface area contributed by atoms with E-state index in [-0.39, 0.29) is 4.83 Å². The summed E-state index contributed by atoms with van der Waals surface area (Å²) in [7, 11) is 1.69. The Kier molecular flexibility index (Phi) is 3.57. The molecule has 0 spiro atoms. The fourth-order valence-corrected chi connectivity index (χ4v) is 2.43. The van der Waals surface area contributed by atoms with Gasteiger partial charge in [0, 0.05) is 11.1 Å². The van der Waals surface area contributed by atoms with Gasteiger partial charge in [-0.1, -0.05) is 33.6 Å². The molecule has 17 heavy (non-hydrogen) atoms. The second-order valence-corrected chi connectivity index (χ2v) is 5.01. The number of ether oxygens (including phenoxy) is 1. The molecule has 2 nitrogen and oxygen atoms in total. The zero-order chi connectivity index (χ0) is 12.4. The summed E-state index contributed by atoms with van der Waals surface area (Å²) in [5.74, 6) is 1.80. The second-order valence-electron chi connectivity index (χ2n) is 4.10. The smallest absolute Gasteiger partial charge is 0.123 e. The maximum absolute atomic E-state index is 5.39.